The third-order valence-corrected chi connectivity index (χ3v) is 2.91. The standard InChI is InChI=1S/C11H9BrFN3O2/c12-9-5-8(2-3-10(9)13)16-6-7(14-15-16)1-4-11(17)18/h2-3,5-6H,1,4H2,(H,17,18). The fraction of sp³-hybridized carbons (Fsp3) is 0.182. The maximum absolute atomic E-state index is 13.1. The van der Waals surface area contributed by atoms with Crippen molar-refractivity contribution in [1.29, 1.82) is 0 Å². The first-order valence-electron chi connectivity index (χ1n) is 5.14. The molecule has 2 rings (SSSR count). The van der Waals surface area contributed by atoms with Crippen molar-refractivity contribution in [1.82, 2.24) is 15.0 Å². The number of aryl methyl sites for hydroxylation is 1. The van der Waals surface area contributed by atoms with Crippen molar-refractivity contribution in [2.24, 2.45) is 0 Å². The summed E-state index contributed by atoms with van der Waals surface area (Å²) in [4.78, 5) is 10.4. The third-order valence-electron chi connectivity index (χ3n) is 2.30. The first kappa shape index (κ1) is 12.7. The van der Waals surface area contributed by atoms with Gasteiger partial charge in [0.25, 0.3) is 0 Å². The molecule has 0 aliphatic carbocycles. The number of rotatable bonds is 4. The Morgan fingerprint density at radius 2 is 2.28 bits per heavy atom. The Balaban J connectivity index is 2.18. The summed E-state index contributed by atoms with van der Waals surface area (Å²) in [5.41, 5.74) is 1.23. The van der Waals surface area contributed by atoms with Crippen LogP contribution in [0.1, 0.15) is 12.1 Å². The SMILES string of the molecule is O=C(O)CCc1cn(-c2ccc(F)c(Br)c2)nn1. The van der Waals surface area contributed by atoms with Crippen LogP contribution in [-0.2, 0) is 11.2 Å². The van der Waals surface area contributed by atoms with Gasteiger partial charge in [-0.05, 0) is 34.1 Å². The molecule has 0 atom stereocenters. The zero-order chi connectivity index (χ0) is 13.1. The third kappa shape index (κ3) is 2.92. The van der Waals surface area contributed by atoms with E-state index in [1.807, 2.05) is 0 Å². The lowest BCUT2D eigenvalue weighted by atomic mass is 10.2. The Bertz CT molecular complexity index is 585. The van der Waals surface area contributed by atoms with Gasteiger partial charge < -0.3 is 5.11 Å². The Morgan fingerprint density at radius 3 is 2.94 bits per heavy atom. The van der Waals surface area contributed by atoms with Crippen LogP contribution in [-0.4, -0.2) is 26.1 Å². The van der Waals surface area contributed by atoms with E-state index in [2.05, 4.69) is 26.2 Å². The minimum absolute atomic E-state index is 0.00576. The Morgan fingerprint density at radius 1 is 1.50 bits per heavy atom. The molecule has 0 saturated heterocycles. The van der Waals surface area contributed by atoms with Gasteiger partial charge in [0.05, 0.1) is 28.5 Å². The molecule has 0 aliphatic heterocycles. The number of carboxylic acids is 1. The highest BCUT2D eigenvalue weighted by Crippen LogP contribution is 2.19. The summed E-state index contributed by atoms with van der Waals surface area (Å²) in [7, 11) is 0. The van der Waals surface area contributed by atoms with Crippen molar-refractivity contribution in [3.8, 4) is 5.69 Å². The van der Waals surface area contributed by atoms with E-state index in [9.17, 15) is 9.18 Å². The summed E-state index contributed by atoms with van der Waals surface area (Å²) in [6.07, 6.45) is 1.95. The fourth-order valence-corrected chi connectivity index (χ4v) is 1.77. The second-order valence-corrected chi connectivity index (χ2v) is 4.50. The molecule has 1 N–H and O–H groups in total. The van der Waals surface area contributed by atoms with Gasteiger partial charge in [-0.25, -0.2) is 9.07 Å². The summed E-state index contributed by atoms with van der Waals surface area (Å²) >= 11 is 3.09. The molecular formula is C11H9BrFN3O2. The predicted molar refractivity (Wildman–Crippen MR) is 65.0 cm³/mol. The Hall–Kier alpha value is -1.76. The first-order valence-corrected chi connectivity index (χ1v) is 5.94. The molecular weight excluding hydrogens is 305 g/mol. The topological polar surface area (TPSA) is 68.0 Å². The van der Waals surface area contributed by atoms with Gasteiger partial charge >= 0.3 is 5.97 Å². The van der Waals surface area contributed by atoms with Crippen molar-refractivity contribution >= 4 is 21.9 Å². The largest absolute Gasteiger partial charge is 0.481 e. The maximum Gasteiger partial charge on any atom is 0.303 e. The monoisotopic (exact) mass is 313 g/mol. The molecule has 0 unspecified atom stereocenters. The highest BCUT2D eigenvalue weighted by molar-refractivity contribution is 9.10. The van der Waals surface area contributed by atoms with Crippen LogP contribution in [0.2, 0.25) is 0 Å². The molecule has 0 saturated carbocycles. The van der Waals surface area contributed by atoms with Gasteiger partial charge in [-0.3, -0.25) is 4.79 Å². The van der Waals surface area contributed by atoms with Crippen LogP contribution >= 0.6 is 15.9 Å². The van der Waals surface area contributed by atoms with E-state index >= 15 is 0 Å². The predicted octanol–water partition coefficient (Wildman–Crippen LogP) is 2.19. The fourth-order valence-electron chi connectivity index (χ4n) is 1.40. The number of hydrogen-bond donors (Lipinski definition) is 1. The number of carboxylic acid groups (broad SMARTS) is 1. The lowest BCUT2D eigenvalue weighted by Gasteiger charge is -2.00. The molecule has 94 valence electrons. The van der Waals surface area contributed by atoms with Crippen LogP contribution in [0.25, 0.3) is 5.69 Å². The van der Waals surface area contributed by atoms with Gasteiger partial charge in [-0.2, -0.15) is 0 Å². The van der Waals surface area contributed by atoms with E-state index in [-0.39, 0.29) is 12.2 Å². The number of hydrogen-bond acceptors (Lipinski definition) is 3. The summed E-state index contributed by atoms with van der Waals surface area (Å²) in [6.45, 7) is 0. The molecule has 0 radical (unpaired) electrons. The Labute approximate surface area is 110 Å². The van der Waals surface area contributed by atoms with Gasteiger partial charge in [0.15, 0.2) is 0 Å². The maximum atomic E-state index is 13.1. The Kier molecular flexibility index (Phi) is 3.71. The lowest BCUT2D eigenvalue weighted by Crippen LogP contribution is -1.97. The molecule has 0 spiro atoms. The van der Waals surface area contributed by atoms with Crippen molar-refractivity contribution in [2.75, 3.05) is 0 Å². The molecule has 0 aliphatic rings. The number of carbonyl (C=O) groups is 1. The molecule has 1 heterocycles. The van der Waals surface area contributed by atoms with Crippen molar-refractivity contribution in [3.63, 3.8) is 0 Å². The number of nitrogens with zero attached hydrogens (tertiary/aromatic N) is 3. The van der Waals surface area contributed by atoms with E-state index in [0.29, 0.717) is 22.3 Å². The second-order valence-electron chi connectivity index (χ2n) is 3.65. The van der Waals surface area contributed by atoms with Crippen molar-refractivity contribution in [2.45, 2.75) is 12.8 Å². The zero-order valence-electron chi connectivity index (χ0n) is 9.18. The number of halogens is 2. The van der Waals surface area contributed by atoms with E-state index in [0.717, 1.165) is 0 Å². The normalized spacial score (nSPS) is 10.6. The van der Waals surface area contributed by atoms with Gasteiger partial charge in [0.1, 0.15) is 5.82 Å². The molecule has 0 fully saturated rings. The molecule has 7 heteroatoms. The van der Waals surface area contributed by atoms with Gasteiger partial charge in [-0.15, -0.1) is 5.10 Å². The van der Waals surface area contributed by atoms with Crippen molar-refractivity contribution in [3.05, 3.63) is 40.4 Å². The molecule has 1 aromatic carbocycles. The molecule has 1 aromatic heterocycles. The van der Waals surface area contributed by atoms with Crippen LogP contribution < -0.4 is 0 Å². The van der Waals surface area contributed by atoms with E-state index in [4.69, 9.17) is 5.11 Å². The van der Waals surface area contributed by atoms with Crippen LogP contribution in [0.4, 0.5) is 4.39 Å². The first-order chi connectivity index (χ1) is 8.56. The lowest BCUT2D eigenvalue weighted by molar-refractivity contribution is -0.136. The molecule has 2 aromatic rings. The number of benzene rings is 1. The number of aromatic nitrogens is 3. The quantitative estimate of drug-likeness (QED) is 0.939. The van der Waals surface area contributed by atoms with Crippen LogP contribution in [0, 0.1) is 5.82 Å². The van der Waals surface area contributed by atoms with Gasteiger partial charge in [0, 0.05) is 6.42 Å². The van der Waals surface area contributed by atoms with Crippen molar-refractivity contribution < 1.29 is 14.3 Å². The summed E-state index contributed by atoms with van der Waals surface area (Å²) in [6, 6.07) is 4.46. The van der Waals surface area contributed by atoms with E-state index in [1.54, 1.807) is 18.3 Å². The van der Waals surface area contributed by atoms with E-state index < -0.39 is 5.97 Å². The average molecular weight is 314 g/mol. The molecule has 0 bridgehead atoms. The summed E-state index contributed by atoms with van der Waals surface area (Å²) in [5, 5.41) is 16.3. The van der Waals surface area contributed by atoms with Gasteiger partial charge in [0.2, 0.25) is 0 Å². The highest BCUT2D eigenvalue weighted by atomic mass is 79.9. The number of aliphatic carboxylic acids is 1. The zero-order valence-corrected chi connectivity index (χ0v) is 10.8. The minimum Gasteiger partial charge on any atom is -0.481 e. The van der Waals surface area contributed by atoms with Gasteiger partial charge in [-0.1, -0.05) is 5.21 Å². The van der Waals surface area contributed by atoms with Crippen LogP contribution in [0.5, 0.6) is 0 Å². The molecule has 5 nitrogen and oxygen atoms in total. The average Bonchev–Trinajstić information content (AvgIpc) is 2.79. The van der Waals surface area contributed by atoms with Crippen LogP contribution in [0.15, 0.2) is 28.9 Å². The highest BCUT2D eigenvalue weighted by Gasteiger charge is 2.07. The smallest absolute Gasteiger partial charge is 0.303 e. The van der Waals surface area contributed by atoms with E-state index in [1.165, 1.54) is 10.7 Å². The molecule has 0 amide bonds. The summed E-state index contributed by atoms with van der Waals surface area (Å²) < 4.78 is 14.9. The minimum atomic E-state index is -0.880. The van der Waals surface area contributed by atoms with Crippen LogP contribution in [0.3, 0.4) is 0 Å². The molecule has 18 heavy (non-hydrogen) atoms. The summed E-state index contributed by atoms with van der Waals surface area (Å²) in [5.74, 6) is -1.24. The second kappa shape index (κ2) is 5.26.